The first-order valence-electron chi connectivity index (χ1n) is 8.23. The number of nitrogens with one attached hydrogen (secondary N) is 2. The smallest absolute Gasteiger partial charge is 0.355 e. The first-order chi connectivity index (χ1) is 13.5. The van der Waals surface area contributed by atoms with E-state index in [2.05, 4.69) is 25.6 Å². The molecule has 0 unspecified atom stereocenters. The summed E-state index contributed by atoms with van der Waals surface area (Å²) in [6, 6.07) is 7.85. The molecule has 0 atom stereocenters. The maximum absolute atomic E-state index is 11.0. The highest BCUT2D eigenvalue weighted by molar-refractivity contribution is 7.22. The van der Waals surface area contributed by atoms with Crippen molar-refractivity contribution < 1.29 is 15.0 Å². The van der Waals surface area contributed by atoms with Gasteiger partial charge >= 0.3 is 5.97 Å². The number of carboxylic acid groups (broad SMARTS) is 1. The zero-order chi connectivity index (χ0) is 19.7. The molecular weight excluding hydrogens is 398 g/mol. The van der Waals surface area contributed by atoms with Crippen molar-refractivity contribution >= 4 is 60.6 Å². The first-order valence-corrected chi connectivity index (χ1v) is 9.92. The molecule has 1 aromatic carbocycles. The zero-order valence-electron chi connectivity index (χ0n) is 14.6. The number of aliphatic hydroxyl groups is 1. The van der Waals surface area contributed by atoms with Gasteiger partial charge in [-0.25, -0.2) is 19.7 Å². The number of aliphatic hydroxyl groups excluding tert-OH is 1. The molecule has 0 bridgehead atoms. The number of rotatable bonds is 6. The summed E-state index contributed by atoms with van der Waals surface area (Å²) >= 11 is 2.69. The normalized spacial score (nSPS) is 10.9. The lowest BCUT2D eigenvalue weighted by Gasteiger charge is -2.14. The van der Waals surface area contributed by atoms with Gasteiger partial charge < -0.3 is 20.8 Å². The van der Waals surface area contributed by atoms with Crippen molar-refractivity contribution in [3.8, 4) is 0 Å². The van der Waals surface area contributed by atoms with Crippen molar-refractivity contribution in [2.24, 2.45) is 0 Å². The van der Waals surface area contributed by atoms with Crippen molar-refractivity contribution in [2.75, 3.05) is 10.6 Å². The summed E-state index contributed by atoms with van der Waals surface area (Å²) in [6.45, 7) is 1.65. The van der Waals surface area contributed by atoms with Crippen LogP contribution in [0.25, 0.3) is 10.2 Å². The molecule has 4 rings (SSSR count). The van der Waals surface area contributed by atoms with Crippen molar-refractivity contribution in [3.05, 3.63) is 52.7 Å². The Kier molecular flexibility index (Phi) is 4.90. The second-order valence-electron chi connectivity index (χ2n) is 5.86. The summed E-state index contributed by atoms with van der Waals surface area (Å²) < 4.78 is 1.07. The minimum atomic E-state index is -1.09. The number of thiazole rings is 2. The Balaban J connectivity index is 1.62. The van der Waals surface area contributed by atoms with Crippen LogP contribution in [0.4, 0.5) is 21.8 Å². The van der Waals surface area contributed by atoms with Crippen LogP contribution < -0.4 is 10.6 Å². The van der Waals surface area contributed by atoms with E-state index in [0.717, 1.165) is 15.8 Å². The molecule has 0 aliphatic heterocycles. The number of para-hydroxylation sites is 1. The van der Waals surface area contributed by atoms with Crippen molar-refractivity contribution in [1.82, 2.24) is 15.0 Å². The fourth-order valence-electron chi connectivity index (χ4n) is 2.66. The summed E-state index contributed by atoms with van der Waals surface area (Å²) in [5, 5.41) is 27.7. The van der Waals surface area contributed by atoms with Gasteiger partial charge in [0.15, 0.2) is 16.0 Å². The van der Waals surface area contributed by atoms with Crippen LogP contribution in [0.2, 0.25) is 0 Å². The minimum absolute atomic E-state index is 0.0307. The highest BCUT2D eigenvalue weighted by Gasteiger charge is 2.15. The Morgan fingerprint density at radius 3 is 2.71 bits per heavy atom. The van der Waals surface area contributed by atoms with E-state index in [9.17, 15) is 9.90 Å². The molecule has 0 radical (unpaired) electrons. The standard InChI is InChI=1S/C18H15N5O3S2/c1-9-10(7-24)12(21-17-22-13(8-27-17)16(25)26)6-19-15(9)23-18-20-11-4-2-3-5-14(11)28-18/h2-6,8,24H,7H2,1H3,(H,21,22)(H,25,26)(H,19,20,23). The molecule has 0 saturated carbocycles. The highest BCUT2D eigenvalue weighted by atomic mass is 32.1. The van der Waals surface area contributed by atoms with Gasteiger partial charge in [0.25, 0.3) is 0 Å². The highest BCUT2D eigenvalue weighted by Crippen LogP contribution is 2.32. The third kappa shape index (κ3) is 3.52. The van der Waals surface area contributed by atoms with Crippen molar-refractivity contribution in [3.63, 3.8) is 0 Å². The lowest BCUT2D eigenvalue weighted by atomic mass is 10.1. The molecule has 0 amide bonds. The molecule has 0 saturated heterocycles. The van der Waals surface area contributed by atoms with Gasteiger partial charge in [0.2, 0.25) is 0 Å². The van der Waals surface area contributed by atoms with Gasteiger partial charge in [-0.2, -0.15) is 0 Å². The van der Waals surface area contributed by atoms with Gasteiger partial charge in [-0.3, -0.25) is 0 Å². The van der Waals surface area contributed by atoms with Gasteiger partial charge in [-0.15, -0.1) is 11.3 Å². The maximum Gasteiger partial charge on any atom is 0.355 e. The predicted molar refractivity (Wildman–Crippen MR) is 110 cm³/mol. The van der Waals surface area contributed by atoms with Gasteiger partial charge in [0.05, 0.1) is 28.7 Å². The lowest BCUT2D eigenvalue weighted by molar-refractivity contribution is 0.0691. The van der Waals surface area contributed by atoms with Crippen LogP contribution in [0.3, 0.4) is 0 Å². The molecule has 3 aromatic heterocycles. The first kappa shape index (κ1) is 18.3. The Labute approximate surface area is 167 Å². The summed E-state index contributed by atoms with van der Waals surface area (Å²) in [5.41, 5.74) is 2.86. The Hall–Kier alpha value is -3.08. The second-order valence-corrected chi connectivity index (χ2v) is 7.75. The average Bonchev–Trinajstić information content (AvgIpc) is 3.30. The number of hydrogen-bond acceptors (Lipinski definition) is 9. The molecule has 0 aliphatic carbocycles. The minimum Gasteiger partial charge on any atom is -0.476 e. The summed E-state index contributed by atoms with van der Waals surface area (Å²) in [7, 11) is 0. The van der Waals surface area contributed by atoms with Crippen LogP contribution in [0.1, 0.15) is 21.6 Å². The van der Waals surface area contributed by atoms with E-state index >= 15 is 0 Å². The van der Waals surface area contributed by atoms with Gasteiger partial charge in [-0.05, 0) is 24.6 Å². The van der Waals surface area contributed by atoms with Crippen LogP contribution in [-0.4, -0.2) is 31.1 Å². The molecule has 0 spiro atoms. The van der Waals surface area contributed by atoms with Crippen LogP contribution in [-0.2, 0) is 6.61 Å². The van der Waals surface area contributed by atoms with Crippen LogP contribution >= 0.6 is 22.7 Å². The van der Waals surface area contributed by atoms with E-state index < -0.39 is 5.97 Å². The second kappa shape index (κ2) is 7.50. The fourth-order valence-corrected chi connectivity index (χ4v) is 4.22. The molecule has 10 heteroatoms. The Bertz CT molecular complexity index is 1140. The predicted octanol–water partition coefficient (Wildman–Crippen LogP) is 4.13. The third-order valence-corrected chi connectivity index (χ3v) is 5.81. The number of pyridine rings is 1. The molecule has 8 nitrogen and oxygen atoms in total. The average molecular weight is 413 g/mol. The number of anilines is 4. The summed E-state index contributed by atoms with van der Waals surface area (Å²) in [4.78, 5) is 23.9. The van der Waals surface area contributed by atoms with Crippen molar-refractivity contribution in [2.45, 2.75) is 13.5 Å². The molecule has 0 aliphatic rings. The van der Waals surface area contributed by atoms with Crippen LogP contribution in [0.5, 0.6) is 0 Å². The Morgan fingerprint density at radius 1 is 1.18 bits per heavy atom. The molecule has 0 fully saturated rings. The number of carboxylic acids is 1. The van der Waals surface area contributed by atoms with E-state index in [1.54, 1.807) is 6.20 Å². The number of hydrogen-bond donors (Lipinski definition) is 4. The number of carbonyl (C=O) groups is 1. The molecule has 4 N–H and O–H groups in total. The largest absolute Gasteiger partial charge is 0.476 e. The molecule has 142 valence electrons. The number of benzene rings is 1. The van der Waals surface area contributed by atoms with Crippen LogP contribution in [0.15, 0.2) is 35.8 Å². The third-order valence-electron chi connectivity index (χ3n) is 4.10. The summed E-state index contributed by atoms with van der Waals surface area (Å²) in [6.07, 6.45) is 1.58. The van der Waals surface area contributed by atoms with Gasteiger partial charge in [0.1, 0.15) is 5.82 Å². The number of nitrogens with zero attached hydrogens (tertiary/aromatic N) is 3. The lowest BCUT2D eigenvalue weighted by Crippen LogP contribution is -2.05. The number of fused-ring (bicyclic) bond motifs is 1. The quantitative estimate of drug-likeness (QED) is 0.372. The Morgan fingerprint density at radius 2 is 2.00 bits per heavy atom. The molecule has 3 heterocycles. The monoisotopic (exact) mass is 413 g/mol. The molecular formula is C18H15N5O3S2. The van der Waals surface area contributed by atoms with E-state index in [4.69, 9.17) is 5.11 Å². The fraction of sp³-hybridized carbons (Fsp3) is 0.111. The van der Waals surface area contributed by atoms with Crippen LogP contribution in [0, 0.1) is 6.92 Å². The topological polar surface area (TPSA) is 120 Å². The maximum atomic E-state index is 11.0. The van der Waals surface area contributed by atoms with Gasteiger partial charge in [-0.1, -0.05) is 23.5 Å². The van der Waals surface area contributed by atoms with Gasteiger partial charge in [0, 0.05) is 10.9 Å². The SMILES string of the molecule is Cc1c(Nc2nc3ccccc3s2)ncc(Nc2nc(C(=O)O)cs2)c1CO. The number of aromatic carboxylic acids is 1. The molecule has 4 aromatic rings. The van der Waals surface area contributed by atoms with Crippen molar-refractivity contribution in [1.29, 1.82) is 0 Å². The number of aromatic nitrogens is 3. The summed E-state index contributed by atoms with van der Waals surface area (Å²) in [5.74, 6) is -0.490. The van der Waals surface area contributed by atoms with E-state index in [1.807, 2.05) is 31.2 Å². The van der Waals surface area contributed by atoms with E-state index in [0.29, 0.717) is 27.3 Å². The van der Waals surface area contributed by atoms with E-state index in [-0.39, 0.29) is 12.3 Å². The molecule has 28 heavy (non-hydrogen) atoms. The zero-order valence-corrected chi connectivity index (χ0v) is 16.3. The van der Waals surface area contributed by atoms with E-state index in [1.165, 1.54) is 28.1 Å².